The van der Waals surface area contributed by atoms with Crippen molar-refractivity contribution in [2.24, 2.45) is 0 Å². The number of hydrogen-bond donors (Lipinski definition) is 1. The van der Waals surface area contributed by atoms with E-state index >= 15 is 0 Å². The summed E-state index contributed by atoms with van der Waals surface area (Å²) in [6, 6.07) is 8.06. The molecule has 1 N–H and O–H groups in total. The largest absolute Gasteiger partial charge is 0.483 e. The number of ether oxygens (including phenoxy) is 2. The molecule has 1 aliphatic rings. The summed E-state index contributed by atoms with van der Waals surface area (Å²) in [5.41, 5.74) is 2.81. The summed E-state index contributed by atoms with van der Waals surface area (Å²) >= 11 is 2.81. The lowest BCUT2D eigenvalue weighted by molar-refractivity contribution is -0.113. The normalized spacial score (nSPS) is 13.7. The number of benzene rings is 1. The van der Waals surface area contributed by atoms with E-state index < -0.39 is 0 Å². The topological polar surface area (TPSA) is 95.3 Å². The van der Waals surface area contributed by atoms with E-state index in [0.29, 0.717) is 28.1 Å². The Morgan fingerprint density at radius 2 is 1.84 bits per heavy atom. The first kappa shape index (κ1) is 28.2. The zero-order chi connectivity index (χ0) is 27.2. The van der Waals surface area contributed by atoms with Crippen molar-refractivity contribution in [3.8, 4) is 5.75 Å². The van der Waals surface area contributed by atoms with Crippen LogP contribution in [-0.4, -0.2) is 38.5 Å². The molecule has 38 heavy (non-hydrogen) atoms. The van der Waals surface area contributed by atoms with Gasteiger partial charge in [0.15, 0.2) is 17.1 Å². The maximum atomic E-state index is 13.0. The van der Waals surface area contributed by atoms with Gasteiger partial charge in [-0.05, 0) is 83.1 Å². The van der Waals surface area contributed by atoms with Crippen LogP contribution in [0.2, 0.25) is 0 Å². The van der Waals surface area contributed by atoms with Crippen LogP contribution in [0.15, 0.2) is 29.4 Å². The Morgan fingerprint density at radius 3 is 2.53 bits per heavy atom. The molecule has 0 saturated heterocycles. The highest BCUT2D eigenvalue weighted by Gasteiger charge is 2.28. The lowest BCUT2D eigenvalue weighted by atomic mass is 9.95. The summed E-state index contributed by atoms with van der Waals surface area (Å²) in [4.78, 5) is 27.0. The highest BCUT2D eigenvalue weighted by Crippen LogP contribution is 2.39. The van der Waals surface area contributed by atoms with E-state index in [1.54, 1.807) is 0 Å². The number of carbonyl (C=O) groups is 2. The SMILES string of the molecule is CCc1ccc(OC(C)c2nnc(SCC(=O)Nc3sc4c(c3C(=O)OC(C)C)CCCC4)n2CC)cc1. The summed E-state index contributed by atoms with van der Waals surface area (Å²) in [6.45, 7) is 10.4. The van der Waals surface area contributed by atoms with Crippen LogP contribution < -0.4 is 10.1 Å². The second-order valence-electron chi connectivity index (χ2n) is 9.55. The monoisotopic (exact) mass is 556 g/mol. The van der Waals surface area contributed by atoms with Crippen LogP contribution in [0.25, 0.3) is 0 Å². The molecule has 0 radical (unpaired) electrons. The minimum Gasteiger partial charge on any atom is -0.483 e. The van der Waals surface area contributed by atoms with Gasteiger partial charge in [0.1, 0.15) is 10.8 Å². The summed E-state index contributed by atoms with van der Waals surface area (Å²) in [6.07, 6.45) is 4.35. The quantitative estimate of drug-likeness (QED) is 0.221. The number of amides is 1. The number of thiophene rings is 1. The smallest absolute Gasteiger partial charge is 0.341 e. The summed E-state index contributed by atoms with van der Waals surface area (Å²) in [7, 11) is 0. The molecule has 0 aliphatic heterocycles. The van der Waals surface area contributed by atoms with Gasteiger partial charge in [-0.3, -0.25) is 4.79 Å². The third-order valence-corrected chi connectivity index (χ3v) is 8.55. The lowest BCUT2D eigenvalue weighted by Gasteiger charge is -2.16. The second-order valence-corrected chi connectivity index (χ2v) is 11.6. The van der Waals surface area contributed by atoms with E-state index in [1.807, 2.05) is 44.4 Å². The molecule has 1 aromatic carbocycles. The van der Waals surface area contributed by atoms with Crippen LogP contribution in [0.5, 0.6) is 5.75 Å². The van der Waals surface area contributed by atoms with E-state index in [1.165, 1.54) is 33.5 Å². The van der Waals surface area contributed by atoms with Crippen LogP contribution in [0.4, 0.5) is 5.00 Å². The number of carbonyl (C=O) groups excluding carboxylic acids is 2. The van der Waals surface area contributed by atoms with E-state index in [2.05, 4.69) is 34.6 Å². The molecule has 1 unspecified atom stereocenters. The Labute approximate surface area is 232 Å². The molecule has 8 nitrogen and oxygen atoms in total. The molecular formula is C28H36N4O4S2. The summed E-state index contributed by atoms with van der Waals surface area (Å²) < 4.78 is 13.6. The van der Waals surface area contributed by atoms with Gasteiger partial charge in [-0.1, -0.05) is 30.8 Å². The predicted molar refractivity (Wildman–Crippen MR) is 151 cm³/mol. The molecule has 4 rings (SSSR count). The molecule has 3 aromatic rings. The maximum absolute atomic E-state index is 13.0. The van der Waals surface area contributed by atoms with Gasteiger partial charge in [-0.15, -0.1) is 21.5 Å². The van der Waals surface area contributed by atoms with Gasteiger partial charge in [0.2, 0.25) is 5.91 Å². The Hall–Kier alpha value is -2.85. The Bertz CT molecular complexity index is 1270. The molecule has 0 bridgehead atoms. The van der Waals surface area contributed by atoms with Crippen molar-refractivity contribution in [2.75, 3.05) is 11.1 Å². The average molecular weight is 557 g/mol. The van der Waals surface area contributed by atoms with Crippen molar-refractivity contribution < 1.29 is 19.1 Å². The molecule has 1 amide bonds. The lowest BCUT2D eigenvalue weighted by Crippen LogP contribution is -2.19. The summed E-state index contributed by atoms with van der Waals surface area (Å²) in [5, 5.41) is 12.9. The third kappa shape index (κ3) is 6.58. The van der Waals surface area contributed by atoms with Crippen molar-refractivity contribution in [3.63, 3.8) is 0 Å². The molecule has 0 fully saturated rings. The van der Waals surface area contributed by atoms with Crippen LogP contribution in [0, 0.1) is 0 Å². The van der Waals surface area contributed by atoms with E-state index in [9.17, 15) is 9.59 Å². The number of anilines is 1. The van der Waals surface area contributed by atoms with Gasteiger partial charge in [-0.25, -0.2) is 4.79 Å². The van der Waals surface area contributed by atoms with Crippen molar-refractivity contribution >= 4 is 40.0 Å². The predicted octanol–water partition coefficient (Wildman–Crippen LogP) is 6.24. The minimum absolute atomic E-state index is 0.146. The molecule has 10 heteroatoms. The van der Waals surface area contributed by atoms with Crippen LogP contribution in [0.3, 0.4) is 0 Å². The van der Waals surface area contributed by atoms with Gasteiger partial charge < -0.3 is 19.4 Å². The molecular weight excluding hydrogens is 520 g/mol. The van der Waals surface area contributed by atoms with Crippen molar-refractivity contribution in [1.29, 1.82) is 0 Å². The molecule has 1 atom stereocenters. The number of nitrogens with zero attached hydrogens (tertiary/aromatic N) is 3. The van der Waals surface area contributed by atoms with Crippen molar-refractivity contribution in [1.82, 2.24) is 14.8 Å². The van der Waals surface area contributed by atoms with Gasteiger partial charge in [0.05, 0.1) is 17.4 Å². The second kappa shape index (κ2) is 12.8. The van der Waals surface area contributed by atoms with Gasteiger partial charge in [-0.2, -0.15) is 0 Å². The number of thioether (sulfide) groups is 1. The van der Waals surface area contributed by atoms with Crippen LogP contribution >= 0.6 is 23.1 Å². The van der Waals surface area contributed by atoms with Gasteiger partial charge in [0, 0.05) is 11.4 Å². The first-order chi connectivity index (χ1) is 18.3. The van der Waals surface area contributed by atoms with Gasteiger partial charge in [0.25, 0.3) is 0 Å². The van der Waals surface area contributed by atoms with Crippen molar-refractivity contribution in [2.45, 2.75) is 90.6 Å². The van der Waals surface area contributed by atoms with E-state index in [0.717, 1.165) is 43.4 Å². The van der Waals surface area contributed by atoms with Crippen molar-refractivity contribution in [3.05, 3.63) is 51.7 Å². The zero-order valence-corrected chi connectivity index (χ0v) is 24.3. The van der Waals surface area contributed by atoms with Gasteiger partial charge >= 0.3 is 5.97 Å². The maximum Gasteiger partial charge on any atom is 0.341 e. The zero-order valence-electron chi connectivity index (χ0n) is 22.7. The number of aromatic nitrogens is 3. The first-order valence-electron chi connectivity index (χ1n) is 13.3. The Kier molecular flexibility index (Phi) is 9.49. The number of aryl methyl sites for hydroxylation is 2. The molecule has 2 heterocycles. The third-order valence-electron chi connectivity index (χ3n) is 6.37. The number of fused-ring (bicyclic) bond motifs is 1. The Morgan fingerprint density at radius 1 is 1.11 bits per heavy atom. The fourth-order valence-corrected chi connectivity index (χ4v) is 6.60. The highest BCUT2D eigenvalue weighted by atomic mass is 32.2. The van der Waals surface area contributed by atoms with Crippen LogP contribution in [-0.2, 0) is 35.3 Å². The number of esters is 1. The molecule has 0 saturated carbocycles. The first-order valence-corrected chi connectivity index (χ1v) is 15.1. The molecule has 2 aromatic heterocycles. The highest BCUT2D eigenvalue weighted by molar-refractivity contribution is 7.99. The Balaban J connectivity index is 1.42. The standard InChI is InChI=1S/C28H36N4O4S2/c1-6-19-12-14-20(15-13-19)36-18(5)25-30-31-28(32(25)7-2)37-16-23(33)29-26-24(27(34)35-17(3)4)21-10-8-9-11-22(21)38-26/h12-15,17-18H,6-11,16H2,1-5H3,(H,29,33). The van der Waals surface area contributed by atoms with E-state index in [-0.39, 0.29) is 29.8 Å². The fourth-order valence-electron chi connectivity index (χ4n) is 4.50. The van der Waals surface area contributed by atoms with E-state index in [4.69, 9.17) is 9.47 Å². The molecule has 204 valence electrons. The fraction of sp³-hybridized carbons (Fsp3) is 0.500. The number of hydrogen-bond acceptors (Lipinski definition) is 8. The number of rotatable bonds is 11. The molecule has 1 aliphatic carbocycles. The summed E-state index contributed by atoms with van der Waals surface area (Å²) in [5.74, 6) is 1.07. The average Bonchev–Trinajstić information content (AvgIpc) is 3.48. The number of nitrogens with one attached hydrogen (secondary N) is 1. The molecule has 0 spiro atoms. The minimum atomic E-state index is -0.365. The van der Waals surface area contributed by atoms with Crippen LogP contribution in [0.1, 0.15) is 85.8 Å².